The van der Waals surface area contributed by atoms with E-state index in [1.807, 2.05) is 0 Å². The van der Waals surface area contributed by atoms with Crippen molar-refractivity contribution in [1.29, 1.82) is 0 Å². The second-order valence-electron chi connectivity index (χ2n) is 0. The normalized spacial score (nSPS) is 0. The minimum Gasteiger partial charge on any atom is -2.00 e. The third kappa shape index (κ3) is 85.2. The second kappa shape index (κ2) is 118. The monoisotopic (exact) mass is 262 g/mol. The molecule has 0 amide bonds. The van der Waals surface area contributed by atoms with Crippen molar-refractivity contribution >= 4 is 0 Å². The molecule has 0 heterocycles. The van der Waals surface area contributed by atoms with Crippen LogP contribution in [0.2, 0.25) is 0 Å². The van der Waals surface area contributed by atoms with Gasteiger partial charge in [-0.2, -0.15) is 0 Å². The third-order valence-corrected chi connectivity index (χ3v) is 0. The van der Waals surface area contributed by atoms with E-state index in [1.54, 1.807) is 0 Å². The van der Waals surface area contributed by atoms with E-state index in [4.69, 9.17) is 0 Å². The number of hydrogen-bond donors (Lipinski definition) is 0. The average Bonchev–Trinajstić information content (AvgIpc) is 0. The van der Waals surface area contributed by atoms with Crippen LogP contribution in [0.3, 0.4) is 0 Å². The SMILES string of the molecule is [Li+].[Li+].[O-2].[O-2].[O-2].[O-2].[W]. The zero-order valence-corrected chi connectivity index (χ0v) is 6.97. The van der Waals surface area contributed by atoms with Gasteiger partial charge in [-0.05, 0) is 0 Å². The summed E-state index contributed by atoms with van der Waals surface area (Å²) in [4.78, 5) is 0. The van der Waals surface area contributed by atoms with Crippen molar-refractivity contribution < 1.29 is 80.7 Å². The molecule has 0 aromatic carbocycles. The predicted octanol–water partition coefficient (Wildman–Crippen LogP) is -6.47. The van der Waals surface area contributed by atoms with Gasteiger partial charge >= 0.3 is 37.7 Å². The zero-order chi connectivity index (χ0) is 0. The molecule has 7 heteroatoms. The van der Waals surface area contributed by atoms with Gasteiger partial charge in [-0.15, -0.1) is 0 Å². The van der Waals surface area contributed by atoms with Gasteiger partial charge in [0.2, 0.25) is 0 Å². The summed E-state index contributed by atoms with van der Waals surface area (Å²) in [5, 5.41) is 0. The standard InChI is InChI=1S/2Li.4O.W/q2*+1;4*-2;. The Balaban J connectivity index is 0. The first kappa shape index (κ1) is 175. The Morgan fingerprint density at radius 1 is 0.429 bits per heavy atom. The Labute approximate surface area is 80.3 Å². The second-order valence-corrected chi connectivity index (χ2v) is 0. The van der Waals surface area contributed by atoms with Gasteiger partial charge in [0.25, 0.3) is 0 Å². The maximum atomic E-state index is 0. The van der Waals surface area contributed by atoms with E-state index in [0.717, 1.165) is 0 Å². The molecular formula is Li2O4W-6. The van der Waals surface area contributed by atoms with Crippen molar-refractivity contribution in [2.75, 3.05) is 0 Å². The van der Waals surface area contributed by atoms with E-state index >= 15 is 0 Å². The molecule has 38 valence electrons. The van der Waals surface area contributed by atoms with Gasteiger partial charge in [0.15, 0.2) is 0 Å². The minimum absolute atomic E-state index is 0. The first-order valence-corrected chi connectivity index (χ1v) is 0. The summed E-state index contributed by atoms with van der Waals surface area (Å²) in [6, 6.07) is 0. The topological polar surface area (TPSA) is 114 Å². The fourth-order valence-electron chi connectivity index (χ4n) is 0. The minimum atomic E-state index is 0. The van der Waals surface area contributed by atoms with Gasteiger partial charge in [-0.3, -0.25) is 0 Å². The van der Waals surface area contributed by atoms with E-state index in [2.05, 4.69) is 0 Å². The smallest absolute Gasteiger partial charge is 1.00 e. The number of hydrogen-bond acceptors (Lipinski definition) is 0. The molecule has 0 saturated heterocycles. The van der Waals surface area contributed by atoms with Crippen LogP contribution < -0.4 is 37.7 Å². The molecule has 0 aromatic rings. The molecule has 0 aromatic heterocycles. The molecule has 7 heavy (non-hydrogen) atoms. The van der Waals surface area contributed by atoms with Gasteiger partial charge < -0.3 is 21.9 Å². The molecule has 4 nitrogen and oxygen atoms in total. The van der Waals surface area contributed by atoms with Crippen LogP contribution in [0, 0.1) is 0 Å². The Hall–Kier alpha value is 1.72. The van der Waals surface area contributed by atoms with Crippen LogP contribution in [0.5, 0.6) is 0 Å². The van der Waals surface area contributed by atoms with E-state index in [1.165, 1.54) is 0 Å². The molecule has 0 unspecified atom stereocenters. The average molecular weight is 262 g/mol. The summed E-state index contributed by atoms with van der Waals surface area (Å²) in [5.74, 6) is 0. The molecule has 0 fully saturated rings. The van der Waals surface area contributed by atoms with Crippen molar-refractivity contribution in [3.05, 3.63) is 0 Å². The van der Waals surface area contributed by atoms with E-state index in [0.29, 0.717) is 0 Å². The molecule has 0 N–H and O–H groups in total. The Bertz CT molecular complexity index is 9.65. The Morgan fingerprint density at radius 3 is 0.429 bits per heavy atom. The Kier molecular flexibility index (Phi) is 2940. The maximum Gasteiger partial charge on any atom is 1.00 e. The molecule has 0 radical (unpaired) electrons. The maximum absolute atomic E-state index is 0. The summed E-state index contributed by atoms with van der Waals surface area (Å²) in [6.07, 6.45) is 0. The first-order valence-electron chi connectivity index (χ1n) is 0. The molecule has 0 aliphatic rings. The fraction of sp³-hybridized carbons (Fsp3) is 0. The molecule has 0 atom stereocenters. The largest absolute Gasteiger partial charge is 2.00 e. The van der Waals surface area contributed by atoms with Crippen LogP contribution in [0.4, 0.5) is 0 Å². The van der Waals surface area contributed by atoms with Crippen molar-refractivity contribution in [2.45, 2.75) is 0 Å². The van der Waals surface area contributed by atoms with Gasteiger partial charge in [-0.1, -0.05) is 0 Å². The van der Waals surface area contributed by atoms with Crippen LogP contribution in [-0.2, 0) is 43.0 Å². The summed E-state index contributed by atoms with van der Waals surface area (Å²) in [7, 11) is 0. The van der Waals surface area contributed by atoms with Crippen molar-refractivity contribution in [2.24, 2.45) is 0 Å². The van der Waals surface area contributed by atoms with E-state index < -0.39 is 0 Å². The van der Waals surface area contributed by atoms with Crippen LogP contribution in [0.15, 0.2) is 0 Å². The summed E-state index contributed by atoms with van der Waals surface area (Å²) < 4.78 is 0. The molecule has 0 aliphatic carbocycles. The van der Waals surface area contributed by atoms with Crippen molar-refractivity contribution in [3.63, 3.8) is 0 Å². The van der Waals surface area contributed by atoms with Gasteiger partial charge in [0.05, 0.1) is 0 Å². The summed E-state index contributed by atoms with van der Waals surface area (Å²) in [5.41, 5.74) is 0. The van der Waals surface area contributed by atoms with E-state index in [-0.39, 0.29) is 80.7 Å². The number of rotatable bonds is 0. The van der Waals surface area contributed by atoms with Crippen LogP contribution in [-0.4, -0.2) is 0 Å². The predicted molar refractivity (Wildman–Crippen MR) is 2.75 cm³/mol. The first-order chi connectivity index (χ1) is 0. The van der Waals surface area contributed by atoms with Gasteiger partial charge in [-0.25, -0.2) is 0 Å². The quantitative estimate of drug-likeness (QED) is 0.386. The van der Waals surface area contributed by atoms with Crippen LogP contribution in [0.1, 0.15) is 0 Å². The molecule has 0 aliphatic heterocycles. The molecular weight excluding hydrogens is 262 g/mol. The van der Waals surface area contributed by atoms with Crippen LogP contribution in [0.25, 0.3) is 0 Å². The van der Waals surface area contributed by atoms with Gasteiger partial charge in [0.1, 0.15) is 0 Å². The van der Waals surface area contributed by atoms with E-state index in [9.17, 15) is 0 Å². The summed E-state index contributed by atoms with van der Waals surface area (Å²) >= 11 is 0. The fourth-order valence-corrected chi connectivity index (χ4v) is 0. The zero-order valence-electron chi connectivity index (χ0n) is 4.04. The molecule has 0 saturated carbocycles. The molecule has 0 rings (SSSR count). The third-order valence-electron chi connectivity index (χ3n) is 0. The Morgan fingerprint density at radius 2 is 0.429 bits per heavy atom. The summed E-state index contributed by atoms with van der Waals surface area (Å²) in [6.45, 7) is 0. The van der Waals surface area contributed by atoms with Crippen molar-refractivity contribution in [3.8, 4) is 0 Å². The molecule has 0 spiro atoms. The van der Waals surface area contributed by atoms with Crippen molar-refractivity contribution in [1.82, 2.24) is 0 Å². The molecule has 0 bridgehead atoms. The van der Waals surface area contributed by atoms with Gasteiger partial charge in [0, 0.05) is 21.1 Å². The van der Waals surface area contributed by atoms with Crippen LogP contribution >= 0.6 is 0 Å².